The molecule has 0 spiro atoms. The van der Waals surface area contributed by atoms with Gasteiger partial charge in [-0.25, -0.2) is 13.5 Å². The third-order valence-corrected chi connectivity index (χ3v) is 7.81. The number of hydrogen-bond acceptors (Lipinski definition) is 8. The minimum absolute atomic E-state index is 0.0848. The number of carbonyl (C=O) groups excluding carboxylic acids is 1. The van der Waals surface area contributed by atoms with Crippen LogP contribution in [0.5, 0.6) is 0 Å². The molecule has 4 rings (SSSR count). The van der Waals surface area contributed by atoms with Gasteiger partial charge in [-0.1, -0.05) is 40.2 Å². The van der Waals surface area contributed by atoms with Crippen molar-refractivity contribution in [2.24, 2.45) is 0 Å². The van der Waals surface area contributed by atoms with Crippen LogP contribution in [0, 0.1) is 11.6 Å². The summed E-state index contributed by atoms with van der Waals surface area (Å²) in [6.07, 6.45) is -1.82. The average molecular weight is 589 g/mol. The van der Waals surface area contributed by atoms with Crippen LogP contribution in [0.25, 0.3) is 11.3 Å². The van der Waals surface area contributed by atoms with Gasteiger partial charge in [0, 0.05) is 36.7 Å². The first-order valence-electron chi connectivity index (χ1n) is 11.3. The Kier molecular flexibility index (Phi) is 8.92. The van der Waals surface area contributed by atoms with Gasteiger partial charge in [-0.2, -0.15) is 0 Å². The highest BCUT2D eigenvalue weighted by atomic mass is 35.5. The summed E-state index contributed by atoms with van der Waals surface area (Å²) >= 11 is 12.9. The Labute approximate surface area is 231 Å². The van der Waals surface area contributed by atoms with E-state index in [4.69, 9.17) is 32.7 Å². The molecule has 5 atom stereocenters. The first-order chi connectivity index (χ1) is 18.0. The monoisotopic (exact) mass is 588 g/mol. The molecule has 1 aliphatic rings. The molecule has 2 aromatic carbocycles. The molecular weight excluding hydrogens is 565 g/mol. The summed E-state index contributed by atoms with van der Waals surface area (Å²) in [5, 5.41) is 28.8. The number of aliphatic hydroxyl groups is 2. The third kappa shape index (κ3) is 5.67. The molecule has 3 aromatic rings. The first kappa shape index (κ1) is 28.7. The number of thioether (sulfide) groups is 1. The van der Waals surface area contributed by atoms with Crippen molar-refractivity contribution in [3.05, 3.63) is 63.8 Å². The molecule has 2 heterocycles. The van der Waals surface area contributed by atoms with E-state index in [2.05, 4.69) is 10.3 Å². The van der Waals surface area contributed by atoms with Gasteiger partial charge in [0.2, 0.25) is 0 Å². The van der Waals surface area contributed by atoms with E-state index in [9.17, 15) is 23.8 Å². The largest absolute Gasteiger partial charge is 0.394 e. The van der Waals surface area contributed by atoms with Crippen molar-refractivity contribution in [3.63, 3.8) is 0 Å². The Morgan fingerprint density at radius 2 is 1.92 bits per heavy atom. The minimum Gasteiger partial charge on any atom is -0.394 e. The minimum atomic E-state index is -1.29. The van der Waals surface area contributed by atoms with Gasteiger partial charge in [0.15, 0.2) is 0 Å². The van der Waals surface area contributed by atoms with Gasteiger partial charge >= 0.3 is 0 Å². The molecule has 1 aliphatic heterocycles. The summed E-state index contributed by atoms with van der Waals surface area (Å²) in [6, 6.07) is 5.92. The van der Waals surface area contributed by atoms with E-state index in [1.54, 1.807) is 32.3 Å². The number of amides is 1. The summed E-state index contributed by atoms with van der Waals surface area (Å²) in [6.45, 7) is -0.528. The molecule has 1 aromatic heterocycles. The fourth-order valence-corrected chi connectivity index (χ4v) is 5.78. The van der Waals surface area contributed by atoms with Gasteiger partial charge in [0.05, 0.1) is 18.4 Å². The van der Waals surface area contributed by atoms with Crippen LogP contribution in [0.3, 0.4) is 0 Å². The number of aliphatic hydroxyl groups excluding tert-OH is 2. The molecular formula is C24H24Cl2F2N4O5S. The molecule has 1 amide bonds. The zero-order valence-electron chi connectivity index (χ0n) is 20.4. The van der Waals surface area contributed by atoms with E-state index in [0.29, 0.717) is 15.5 Å². The normalized spacial score (nSPS) is 23.4. The van der Waals surface area contributed by atoms with Gasteiger partial charge in [0.25, 0.3) is 5.91 Å². The molecule has 0 aliphatic carbocycles. The van der Waals surface area contributed by atoms with E-state index in [1.165, 1.54) is 22.9 Å². The molecule has 2 N–H and O–H groups in total. The van der Waals surface area contributed by atoms with Crippen LogP contribution in [0.15, 0.2) is 41.4 Å². The molecule has 1 saturated heterocycles. The Balaban J connectivity index is 1.71. The Morgan fingerprint density at radius 3 is 2.53 bits per heavy atom. The number of halogens is 4. The lowest BCUT2D eigenvalue weighted by molar-refractivity contribution is -0.186. The highest BCUT2D eigenvalue weighted by Gasteiger charge is 2.47. The Hall–Kier alpha value is -2.32. The van der Waals surface area contributed by atoms with Gasteiger partial charge < -0.3 is 24.6 Å². The van der Waals surface area contributed by atoms with Gasteiger partial charge in [-0.15, -0.1) is 5.10 Å². The summed E-state index contributed by atoms with van der Waals surface area (Å²) < 4.78 is 41.0. The summed E-state index contributed by atoms with van der Waals surface area (Å²) in [5.74, 6) is -2.18. The second-order valence-corrected chi connectivity index (χ2v) is 10.7. The number of carbonyl (C=O) groups is 1. The van der Waals surface area contributed by atoms with E-state index in [-0.39, 0.29) is 17.2 Å². The van der Waals surface area contributed by atoms with Crippen LogP contribution in [0.1, 0.15) is 16.4 Å². The van der Waals surface area contributed by atoms with Crippen molar-refractivity contribution in [2.45, 2.75) is 34.7 Å². The average Bonchev–Trinajstić information content (AvgIpc) is 3.37. The molecule has 1 fully saturated rings. The fraction of sp³-hybridized carbons (Fsp3) is 0.375. The van der Waals surface area contributed by atoms with Crippen LogP contribution in [-0.4, -0.2) is 87.6 Å². The molecule has 5 unspecified atom stereocenters. The third-order valence-electron chi connectivity index (χ3n) is 6.02. The maximum absolute atomic E-state index is 14.0. The number of methoxy groups -OCH3 is 1. The molecule has 204 valence electrons. The van der Waals surface area contributed by atoms with Gasteiger partial charge in [-0.3, -0.25) is 4.79 Å². The van der Waals surface area contributed by atoms with Gasteiger partial charge in [-0.05, 0) is 30.3 Å². The van der Waals surface area contributed by atoms with Crippen LogP contribution in [-0.2, 0) is 9.47 Å². The summed E-state index contributed by atoms with van der Waals surface area (Å²) in [5.41, 5.74) is -0.259. The summed E-state index contributed by atoms with van der Waals surface area (Å²) in [7, 11) is 4.65. The van der Waals surface area contributed by atoms with Crippen molar-refractivity contribution >= 4 is 40.9 Å². The topological polar surface area (TPSA) is 110 Å². The predicted molar refractivity (Wildman–Crippen MR) is 137 cm³/mol. The molecule has 0 radical (unpaired) electrons. The lowest BCUT2D eigenvalue weighted by Gasteiger charge is -2.43. The number of rotatable bonds is 7. The second kappa shape index (κ2) is 11.8. The molecule has 0 bridgehead atoms. The van der Waals surface area contributed by atoms with Crippen LogP contribution in [0.4, 0.5) is 8.78 Å². The number of nitrogens with zero attached hydrogens (tertiary/aromatic N) is 4. The molecule has 14 heteroatoms. The predicted octanol–water partition coefficient (Wildman–Crippen LogP) is 3.66. The van der Waals surface area contributed by atoms with Gasteiger partial charge in [0.1, 0.15) is 52.1 Å². The van der Waals surface area contributed by atoms with E-state index < -0.39 is 53.1 Å². The van der Waals surface area contributed by atoms with E-state index >= 15 is 0 Å². The second-order valence-electron chi connectivity index (χ2n) is 8.70. The zero-order valence-corrected chi connectivity index (χ0v) is 22.7. The number of aromatic nitrogens is 3. The number of hydrogen-bond donors (Lipinski definition) is 2. The quantitative estimate of drug-likeness (QED) is 0.402. The fourth-order valence-electron chi connectivity index (χ4n) is 4.10. The summed E-state index contributed by atoms with van der Waals surface area (Å²) in [4.78, 5) is 14.7. The Bertz CT molecular complexity index is 1310. The van der Waals surface area contributed by atoms with Crippen LogP contribution >= 0.6 is 35.0 Å². The maximum atomic E-state index is 14.0. The van der Waals surface area contributed by atoms with E-state index in [0.717, 1.165) is 23.9 Å². The lowest BCUT2D eigenvalue weighted by atomic mass is 9.97. The first-order valence-corrected chi connectivity index (χ1v) is 12.9. The van der Waals surface area contributed by atoms with Crippen molar-refractivity contribution in [1.82, 2.24) is 19.9 Å². The molecule has 0 saturated carbocycles. The van der Waals surface area contributed by atoms with E-state index in [1.807, 2.05) is 0 Å². The lowest BCUT2D eigenvalue weighted by Crippen LogP contribution is -2.55. The SMILES string of the molecule is COC1C(Sc2cc(Cl)ccc2C(=O)N(C)C)OC(CO)C(O)C1n1cc(-c2cc(F)c(Cl)c(F)c2)nn1. The smallest absolute Gasteiger partial charge is 0.254 e. The number of benzene rings is 2. The molecule has 9 nitrogen and oxygen atoms in total. The standard InChI is InChI=1S/C24H24Cl2F2N4O5S/c1-31(2)23(35)13-5-4-12(25)8-18(13)38-24-22(36-3)20(21(34)17(10-33)37-24)32-9-16(29-30-32)11-6-14(27)19(26)15(28)7-11/h4-9,17,20-22,24,33-34H,10H2,1-3H3. The highest BCUT2D eigenvalue weighted by Crippen LogP contribution is 2.41. The van der Waals surface area contributed by atoms with Crippen molar-refractivity contribution in [1.29, 1.82) is 0 Å². The zero-order chi connectivity index (χ0) is 27.7. The molecule has 38 heavy (non-hydrogen) atoms. The Morgan fingerprint density at radius 1 is 1.24 bits per heavy atom. The van der Waals surface area contributed by atoms with Crippen LogP contribution in [0.2, 0.25) is 10.0 Å². The highest BCUT2D eigenvalue weighted by molar-refractivity contribution is 8.00. The van der Waals surface area contributed by atoms with Crippen molar-refractivity contribution < 1.29 is 33.3 Å². The van der Waals surface area contributed by atoms with Crippen LogP contribution < -0.4 is 0 Å². The van der Waals surface area contributed by atoms with Crippen molar-refractivity contribution in [2.75, 3.05) is 27.8 Å². The maximum Gasteiger partial charge on any atom is 0.254 e. The number of ether oxygens (including phenoxy) is 2. The van der Waals surface area contributed by atoms with Crippen molar-refractivity contribution in [3.8, 4) is 11.3 Å².